The predicted octanol–water partition coefficient (Wildman–Crippen LogP) is 3.27. The first kappa shape index (κ1) is 19.8. The first-order valence-corrected chi connectivity index (χ1v) is 8.46. The Bertz CT molecular complexity index is 877. The van der Waals surface area contributed by atoms with Crippen molar-refractivity contribution in [3.63, 3.8) is 0 Å². The third kappa shape index (κ3) is 5.50. The minimum Gasteiger partial charge on any atom is -0.333 e. The van der Waals surface area contributed by atoms with Gasteiger partial charge in [-0.3, -0.25) is 19.7 Å². The molecule has 2 amide bonds. The number of likely N-dealkylation sites (N-methyl/N-ethyl adjacent to an activating group) is 1. The zero-order valence-corrected chi connectivity index (χ0v) is 15.2. The molecule has 0 saturated carbocycles. The molecule has 140 valence electrons. The molecule has 2 rings (SSSR count). The third-order valence-electron chi connectivity index (χ3n) is 3.97. The molecule has 0 heterocycles. The molecule has 2 aromatic rings. The first-order valence-electron chi connectivity index (χ1n) is 8.46. The highest BCUT2D eigenvalue weighted by molar-refractivity contribution is 5.98. The minimum atomic E-state index is -0.507. The van der Waals surface area contributed by atoms with E-state index in [-0.39, 0.29) is 18.1 Å². The SMILES string of the molecule is CCc1ccccc1NC(=O)CN(C)C(=O)/C=C/c1ccccc1[N+](=O)[O-]. The normalized spacial score (nSPS) is 10.6. The summed E-state index contributed by atoms with van der Waals surface area (Å²) < 4.78 is 0. The molecule has 0 bridgehead atoms. The van der Waals surface area contributed by atoms with E-state index in [1.54, 1.807) is 18.2 Å². The molecule has 0 atom stereocenters. The maximum atomic E-state index is 12.2. The van der Waals surface area contributed by atoms with Crippen LogP contribution in [0.2, 0.25) is 0 Å². The number of nitro benzene ring substituents is 1. The minimum absolute atomic E-state index is 0.0851. The lowest BCUT2D eigenvalue weighted by molar-refractivity contribution is -0.385. The number of benzene rings is 2. The van der Waals surface area contributed by atoms with Crippen LogP contribution in [0.3, 0.4) is 0 Å². The molecule has 0 spiro atoms. The van der Waals surface area contributed by atoms with Crippen molar-refractivity contribution in [2.24, 2.45) is 0 Å². The summed E-state index contributed by atoms with van der Waals surface area (Å²) >= 11 is 0. The Morgan fingerprint density at radius 2 is 1.81 bits per heavy atom. The average Bonchev–Trinajstić information content (AvgIpc) is 2.66. The summed E-state index contributed by atoms with van der Waals surface area (Å²) in [5.41, 5.74) is 1.97. The molecular weight excluding hydrogens is 346 g/mol. The molecule has 1 N–H and O–H groups in total. The largest absolute Gasteiger partial charge is 0.333 e. The Morgan fingerprint density at radius 1 is 1.15 bits per heavy atom. The number of hydrogen-bond acceptors (Lipinski definition) is 4. The molecule has 7 heteroatoms. The van der Waals surface area contributed by atoms with Crippen LogP contribution in [0.5, 0.6) is 0 Å². The van der Waals surface area contributed by atoms with Crippen molar-refractivity contribution < 1.29 is 14.5 Å². The van der Waals surface area contributed by atoms with Gasteiger partial charge >= 0.3 is 0 Å². The molecule has 27 heavy (non-hydrogen) atoms. The summed E-state index contributed by atoms with van der Waals surface area (Å²) in [5.74, 6) is -0.738. The van der Waals surface area contributed by atoms with Crippen LogP contribution in [0, 0.1) is 10.1 Å². The predicted molar refractivity (Wildman–Crippen MR) is 104 cm³/mol. The quantitative estimate of drug-likeness (QED) is 0.462. The summed E-state index contributed by atoms with van der Waals surface area (Å²) in [5, 5.41) is 13.8. The molecule has 0 saturated heterocycles. The van der Waals surface area contributed by atoms with E-state index in [9.17, 15) is 19.7 Å². The Labute approximate surface area is 157 Å². The summed E-state index contributed by atoms with van der Waals surface area (Å²) in [4.78, 5) is 36.1. The van der Waals surface area contributed by atoms with Gasteiger partial charge in [0, 0.05) is 24.9 Å². The van der Waals surface area contributed by atoms with Crippen LogP contribution in [0.1, 0.15) is 18.1 Å². The average molecular weight is 367 g/mol. The van der Waals surface area contributed by atoms with E-state index < -0.39 is 10.8 Å². The molecule has 0 aliphatic rings. The number of rotatable bonds is 7. The van der Waals surface area contributed by atoms with Crippen LogP contribution < -0.4 is 5.32 Å². The second-order valence-corrected chi connectivity index (χ2v) is 5.90. The van der Waals surface area contributed by atoms with Crippen molar-refractivity contribution in [2.75, 3.05) is 18.9 Å². The number of aryl methyl sites for hydroxylation is 1. The van der Waals surface area contributed by atoms with E-state index in [2.05, 4.69) is 5.32 Å². The summed E-state index contributed by atoms with van der Waals surface area (Å²) in [6, 6.07) is 13.6. The topological polar surface area (TPSA) is 92.6 Å². The molecule has 0 aliphatic heterocycles. The highest BCUT2D eigenvalue weighted by Gasteiger charge is 2.13. The maximum Gasteiger partial charge on any atom is 0.276 e. The van der Waals surface area contributed by atoms with Gasteiger partial charge in [-0.15, -0.1) is 0 Å². The number of nitrogens with one attached hydrogen (secondary N) is 1. The molecule has 0 radical (unpaired) electrons. The highest BCUT2D eigenvalue weighted by Crippen LogP contribution is 2.19. The standard InChI is InChI=1S/C20H21N3O4/c1-3-15-8-4-6-10-17(15)21-19(24)14-22(2)20(25)13-12-16-9-5-7-11-18(16)23(26)27/h4-13H,3,14H2,1-2H3,(H,21,24)/b13-12+. The van der Waals surface area contributed by atoms with Crippen LogP contribution in [0.15, 0.2) is 54.6 Å². The molecule has 0 aliphatic carbocycles. The van der Waals surface area contributed by atoms with Gasteiger partial charge in [0.2, 0.25) is 11.8 Å². The van der Waals surface area contributed by atoms with E-state index in [0.717, 1.165) is 17.7 Å². The van der Waals surface area contributed by atoms with E-state index in [1.165, 1.54) is 30.2 Å². The molecule has 0 aromatic heterocycles. The lowest BCUT2D eigenvalue weighted by atomic mass is 10.1. The molecular formula is C20H21N3O4. The molecule has 2 aromatic carbocycles. The zero-order valence-electron chi connectivity index (χ0n) is 15.2. The van der Waals surface area contributed by atoms with Crippen LogP contribution in [0.4, 0.5) is 11.4 Å². The monoisotopic (exact) mass is 367 g/mol. The molecule has 0 unspecified atom stereocenters. The van der Waals surface area contributed by atoms with Gasteiger partial charge in [0.15, 0.2) is 0 Å². The van der Waals surface area contributed by atoms with Crippen LogP contribution in [0.25, 0.3) is 6.08 Å². The summed E-state index contributed by atoms with van der Waals surface area (Å²) in [7, 11) is 1.50. The lowest BCUT2D eigenvalue weighted by Gasteiger charge is -2.16. The number of anilines is 1. The van der Waals surface area contributed by atoms with Crippen molar-refractivity contribution in [1.82, 2.24) is 4.90 Å². The van der Waals surface area contributed by atoms with Crippen molar-refractivity contribution in [3.8, 4) is 0 Å². The van der Waals surface area contributed by atoms with Crippen LogP contribution in [-0.4, -0.2) is 35.2 Å². The Hall–Kier alpha value is -3.48. The maximum absolute atomic E-state index is 12.2. The van der Waals surface area contributed by atoms with Gasteiger partial charge in [0.25, 0.3) is 5.69 Å². The van der Waals surface area contributed by atoms with Gasteiger partial charge in [-0.2, -0.15) is 0 Å². The smallest absolute Gasteiger partial charge is 0.276 e. The van der Waals surface area contributed by atoms with Gasteiger partial charge < -0.3 is 10.2 Å². The second kappa shape index (κ2) is 9.28. The highest BCUT2D eigenvalue weighted by atomic mass is 16.6. The Kier molecular flexibility index (Phi) is 6.82. The number of nitrogens with zero attached hydrogens (tertiary/aromatic N) is 2. The number of hydrogen-bond donors (Lipinski definition) is 1. The summed E-state index contributed by atoms with van der Waals surface area (Å²) in [6.45, 7) is 1.87. The second-order valence-electron chi connectivity index (χ2n) is 5.90. The third-order valence-corrected chi connectivity index (χ3v) is 3.97. The number of carbonyl (C=O) groups excluding carboxylic acids is 2. The zero-order chi connectivity index (χ0) is 19.8. The van der Waals surface area contributed by atoms with Gasteiger partial charge in [0.1, 0.15) is 0 Å². The molecule has 0 fully saturated rings. The Balaban J connectivity index is 1.99. The van der Waals surface area contributed by atoms with Crippen molar-refractivity contribution >= 4 is 29.3 Å². The van der Waals surface area contributed by atoms with E-state index >= 15 is 0 Å². The fourth-order valence-corrected chi connectivity index (χ4v) is 2.52. The van der Waals surface area contributed by atoms with Crippen molar-refractivity contribution in [2.45, 2.75) is 13.3 Å². The van der Waals surface area contributed by atoms with Crippen LogP contribution in [-0.2, 0) is 16.0 Å². The molecule has 7 nitrogen and oxygen atoms in total. The van der Waals surface area contributed by atoms with Crippen LogP contribution >= 0.6 is 0 Å². The van der Waals surface area contributed by atoms with Crippen molar-refractivity contribution in [1.29, 1.82) is 0 Å². The number of para-hydroxylation sites is 2. The lowest BCUT2D eigenvalue weighted by Crippen LogP contribution is -2.34. The van der Waals surface area contributed by atoms with Gasteiger partial charge in [-0.05, 0) is 30.2 Å². The van der Waals surface area contributed by atoms with E-state index in [1.807, 2.05) is 31.2 Å². The van der Waals surface area contributed by atoms with Gasteiger partial charge in [0.05, 0.1) is 17.0 Å². The number of nitro groups is 1. The first-order chi connectivity index (χ1) is 12.9. The van der Waals surface area contributed by atoms with E-state index in [4.69, 9.17) is 0 Å². The van der Waals surface area contributed by atoms with Gasteiger partial charge in [-0.1, -0.05) is 37.3 Å². The number of carbonyl (C=O) groups is 2. The summed E-state index contributed by atoms with van der Waals surface area (Å²) in [6.07, 6.45) is 3.38. The fraction of sp³-hybridized carbons (Fsp3) is 0.200. The Morgan fingerprint density at radius 3 is 2.52 bits per heavy atom. The fourth-order valence-electron chi connectivity index (χ4n) is 2.52. The van der Waals surface area contributed by atoms with Gasteiger partial charge in [-0.25, -0.2) is 0 Å². The van der Waals surface area contributed by atoms with E-state index in [0.29, 0.717) is 5.56 Å². The number of amides is 2. The van der Waals surface area contributed by atoms with Crippen molar-refractivity contribution in [3.05, 3.63) is 75.8 Å².